The molecule has 1 aliphatic rings. The normalized spacial score (nSPS) is 19.2. The Morgan fingerprint density at radius 2 is 2.18 bits per heavy atom. The smallest absolute Gasteiger partial charge is 0.310 e. The van der Waals surface area contributed by atoms with Crippen LogP contribution in [0.15, 0.2) is 29.2 Å². The average Bonchev–Trinajstić information content (AvgIpc) is 2.83. The van der Waals surface area contributed by atoms with E-state index < -0.39 is 0 Å². The van der Waals surface area contributed by atoms with Crippen LogP contribution in [0, 0.1) is 0 Å². The van der Waals surface area contributed by atoms with Crippen LogP contribution in [-0.4, -0.2) is 25.3 Å². The Balaban J connectivity index is 1.74. The van der Waals surface area contributed by atoms with E-state index in [2.05, 4.69) is 12.6 Å². The molecule has 1 aliphatic heterocycles. The fourth-order valence-corrected chi connectivity index (χ4v) is 1.94. The topological polar surface area (TPSA) is 35.5 Å². The second-order valence-electron chi connectivity index (χ2n) is 4.16. The minimum Gasteiger partial charge on any atom is -0.463 e. The van der Waals surface area contributed by atoms with Gasteiger partial charge in [-0.3, -0.25) is 4.79 Å². The van der Waals surface area contributed by atoms with Crippen LogP contribution in [0.2, 0.25) is 0 Å². The third-order valence-corrected chi connectivity index (χ3v) is 3.04. The number of rotatable bonds is 4. The first-order chi connectivity index (χ1) is 8.24. The predicted octanol–water partition coefficient (Wildman–Crippen LogP) is 2.24. The zero-order valence-electron chi connectivity index (χ0n) is 9.59. The van der Waals surface area contributed by atoms with Crippen molar-refractivity contribution in [2.24, 2.45) is 0 Å². The minimum absolute atomic E-state index is 0.0961. The average molecular weight is 252 g/mol. The van der Waals surface area contributed by atoms with Crippen molar-refractivity contribution in [2.45, 2.75) is 30.3 Å². The fraction of sp³-hybridized carbons (Fsp3) is 0.462. The highest BCUT2D eigenvalue weighted by molar-refractivity contribution is 7.80. The Bertz CT molecular complexity index is 369. The summed E-state index contributed by atoms with van der Waals surface area (Å²) in [6, 6.07) is 7.50. The highest BCUT2D eigenvalue weighted by Gasteiger charge is 2.17. The van der Waals surface area contributed by atoms with Gasteiger partial charge in [-0.25, -0.2) is 0 Å². The molecule has 0 aliphatic carbocycles. The van der Waals surface area contributed by atoms with Gasteiger partial charge in [0.15, 0.2) is 0 Å². The van der Waals surface area contributed by atoms with E-state index >= 15 is 0 Å². The first kappa shape index (κ1) is 12.5. The molecule has 1 unspecified atom stereocenters. The maximum atomic E-state index is 11.6. The van der Waals surface area contributed by atoms with Gasteiger partial charge in [-0.2, -0.15) is 0 Å². The molecule has 1 atom stereocenters. The quantitative estimate of drug-likeness (QED) is 0.659. The van der Waals surface area contributed by atoms with Gasteiger partial charge in [-0.15, -0.1) is 12.6 Å². The van der Waals surface area contributed by atoms with Gasteiger partial charge in [0, 0.05) is 11.5 Å². The van der Waals surface area contributed by atoms with Gasteiger partial charge < -0.3 is 9.47 Å². The number of benzene rings is 1. The summed E-state index contributed by atoms with van der Waals surface area (Å²) in [7, 11) is 0. The molecule has 1 heterocycles. The van der Waals surface area contributed by atoms with Crippen LogP contribution >= 0.6 is 12.6 Å². The molecule has 1 aromatic carbocycles. The molecule has 0 saturated carbocycles. The maximum Gasteiger partial charge on any atom is 0.310 e. The molecule has 0 N–H and O–H groups in total. The van der Waals surface area contributed by atoms with E-state index in [0.717, 1.165) is 29.9 Å². The molecule has 1 saturated heterocycles. The Morgan fingerprint density at radius 3 is 2.82 bits per heavy atom. The van der Waals surface area contributed by atoms with E-state index in [1.807, 2.05) is 24.3 Å². The summed E-state index contributed by atoms with van der Waals surface area (Å²) >= 11 is 4.19. The van der Waals surface area contributed by atoms with Crippen LogP contribution in [0.1, 0.15) is 18.4 Å². The molecule has 0 aromatic heterocycles. The monoisotopic (exact) mass is 252 g/mol. The maximum absolute atomic E-state index is 11.6. The number of ether oxygens (including phenoxy) is 2. The van der Waals surface area contributed by atoms with Crippen molar-refractivity contribution >= 4 is 18.6 Å². The zero-order chi connectivity index (χ0) is 12.1. The lowest BCUT2D eigenvalue weighted by molar-refractivity contribution is -0.146. The Hall–Kier alpha value is -1.00. The van der Waals surface area contributed by atoms with Gasteiger partial charge in [0.05, 0.1) is 12.5 Å². The van der Waals surface area contributed by atoms with Crippen LogP contribution in [-0.2, 0) is 20.7 Å². The third kappa shape index (κ3) is 4.06. The highest BCUT2D eigenvalue weighted by Crippen LogP contribution is 2.13. The lowest BCUT2D eigenvalue weighted by atomic mass is 10.1. The van der Waals surface area contributed by atoms with Gasteiger partial charge in [-0.1, -0.05) is 12.1 Å². The van der Waals surface area contributed by atoms with E-state index in [-0.39, 0.29) is 12.1 Å². The number of carbonyl (C=O) groups excluding carboxylic acids is 1. The molecule has 0 bridgehead atoms. The SMILES string of the molecule is O=C(Cc1ccc(S)cc1)OCC1CCCO1. The van der Waals surface area contributed by atoms with Gasteiger partial charge in [0.2, 0.25) is 0 Å². The summed E-state index contributed by atoms with van der Waals surface area (Å²) in [5.41, 5.74) is 0.945. The van der Waals surface area contributed by atoms with Gasteiger partial charge >= 0.3 is 5.97 Å². The predicted molar refractivity (Wildman–Crippen MR) is 67.3 cm³/mol. The van der Waals surface area contributed by atoms with Crippen molar-refractivity contribution in [1.29, 1.82) is 0 Å². The van der Waals surface area contributed by atoms with E-state index in [1.165, 1.54) is 0 Å². The molecular weight excluding hydrogens is 236 g/mol. The van der Waals surface area contributed by atoms with E-state index in [0.29, 0.717) is 13.0 Å². The summed E-state index contributed by atoms with van der Waals surface area (Å²) in [5, 5.41) is 0. The first-order valence-corrected chi connectivity index (χ1v) is 6.24. The molecule has 92 valence electrons. The minimum atomic E-state index is -0.201. The van der Waals surface area contributed by atoms with Crippen molar-refractivity contribution in [2.75, 3.05) is 13.2 Å². The third-order valence-electron chi connectivity index (χ3n) is 2.74. The molecule has 4 heteroatoms. The lowest BCUT2D eigenvalue weighted by Gasteiger charge is -2.10. The fourth-order valence-electron chi connectivity index (χ4n) is 1.79. The number of hydrogen-bond donors (Lipinski definition) is 1. The standard InChI is InChI=1S/C13H16O3S/c14-13(16-9-11-2-1-7-15-11)8-10-3-5-12(17)6-4-10/h3-6,11,17H,1-2,7-9H2. The Labute approximate surface area is 107 Å². The lowest BCUT2D eigenvalue weighted by Crippen LogP contribution is -2.18. The highest BCUT2D eigenvalue weighted by atomic mass is 32.1. The van der Waals surface area contributed by atoms with Crippen molar-refractivity contribution in [3.63, 3.8) is 0 Å². The van der Waals surface area contributed by atoms with Crippen molar-refractivity contribution in [3.05, 3.63) is 29.8 Å². The van der Waals surface area contributed by atoms with Crippen LogP contribution in [0.4, 0.5) is 0 Å². The van der Waals surface area contributed by atoms with E-state index in [9.17, 15) is 4.79 Å². The van der Waals surface area contributed by atoms with Gasteiger partial charge in [0.1, 0.15) is 6.61 Å². The van der Waals surface area contributed by atoms with Crippen LogP contribution in [0.3, 0.4) is 0 Å². The van der Waals surface area contributed by atoms with E-state index in [1.54, 1.807) is 0 Å². The molecule has 0 amide bonds. The zero-order valence-corrected chi connectivity index (χ0v) is 10.5. The van der Waals surface area contributed by atoms with Crippen molar-refractivity contribution < 1.29 is 14.3 Å². The van der Waals surface area contributed by atoms with Crippen LogP contribution in [0.5, 0.6) is 0 Å². The number of esters is 1. The largest absolute Gasteiger partial charge is 0.463 e. The summed E-state index contributed by atoms with van der Waals surface area (Å²) in [5.74, 6) is -0.201. The summed E-state index contributed by atoms with van der Waals surface area (Å²) in [6.07, 6.45) is 2.45. The molecular formula is C13H16O3S. The second kappa shape index (κ2) is 6.07. The summed E-state index contributed by atoms with van der Waals surface area (Å²) < 4.78 is 10.6. The molecule has 1 fully saturated rings. The molecule has 17 heavy (non-hydrogen) atoms. The van der Waals surface area contributed by atoms with Crippen molar-refractivity contribution in [1.82, 2.24) is 0 Å². The van der Waals surface area contributed by atoms with Gasteiger partial charge in [-0.05, 0) is 30.5 Å². The second-order valence-corrected chi connectivity index (χ2v) is 4.68. The molecule has 0 radical (unpaired) electrons. The number of hydrogen-bond acceptors (Lipinski definition) is 4. The van der Waals surface area contributed by atoms with Crippen LogP contribution in [0.25, 0.3) is 0 Å². The summed E-state index contributed by atoms with van der Waals surface area (Å²) in [6.45, 7) is 1.16. The molecule has 3 nitrogen and oxygen atoms in total. The number of thiol groups is 1. The Kier molecular flexibility index (Phi) is 4.45. The molecule has 0 spiro atoms. The van der Waals surface area contributed by atoms with Crippen molar-refractivity contribution in [3.8, 4) is 0 Å². The van der Waals surface area contributed by atoms with Crippen LogP contribution < -0.4 is 0 Å². The molecule has 1 aromatic rings. The first-order valence-electron chi connectivity index (χ1n) is 5.79. The molecule has 2 rings (SSSR count). The summed E-state index contributed by atoms with van der Waals surface area (Å²) in [4.78, 5) is 12.4. The number of carbonyl (C=O) groups is 1. The Morgan fingerprint density at radius 1 is 1.41 bits per heavy atom. The van der Waals surface area contributed by atoms with Gasteiger partial charge in [0.25, 0.3) is 0 Å². The van der Waals surface area contributed by atoms with E-state index in [4.69, 9.17) is 9.47 Å².